The molecule has 0 aliphatic rings. The molecule has 1 aromatic heterocycles. The summed E-state index contributed by atoms with van der Waals surface area (Å²) in [5.74, 6) is 1.10. The van der Waals surface area contributed by atoms with Crippen molar-refractivity contribution in [3.8, 4) is 11.5 Å². The van der Waals surface area contributed by atoms with Crippen LogP contribution >= 0.6 is 0 Å². The Labute approximate surface area is 123 Å². The normalized spacial score (nSPS) is 10.2. The fourth-order valence-electron chi connectivity index (χ4n) is 2.05. The number of H-pyrrole nitrogens is 1. The number of nitrogens with zero attached hydrogens (tertiary/aromatic N) is 1. The molecule has 2 aromatic rings. The third-order valence-corrected chi connectivity index (χ3v) is 3.25. The molecule has 2 rings (SSSR count). The fourth-order valence-corrected chi connectivity index (χ4v) is 2.05. The highest BCUT2D eigenvalue weighted by molar-refractivity contribution is 5.95. The first-order chi connectivity index (χ1) is 10.2. The van der Waals surface area contributed by atoms with Gasteiger partial charge >= 0.3 is 0 Å². The van der Waals surface area contributed by atoms with Crippen LogP contribution in [0.2, 0.25) is 0 Å². The second-order valence-corrected chi connectivity index (χ2v) is 4.59. The lowest BCUT2D eigenvalue weighted by atomic mass is 10.1. The number of carbonyl (C=O) groups excluding carboxylic acids is 1. The topological polar surface area (TPSA) is 76.2 Å². The van der Waals surface area contributed by atoms with Crippen LogP contribution in [0.1, 0.15) is 21.6 Å². The largest absolute Gasteiger partial charge is 0.496 e. The van der Waals surface area contributed by atoms with E-state index in [1.807, 2.05) is 13.0 Å². The number of ether oxygens (including phenoxy) is 2. The third kappa shape index (κ3) is 3.53. The third-order valence-electron chi connectivity index (χ3n) is 3.25. The van der Waals surface area contributed by atoms with E-state index in [4.69, 9.17) is 9.47 Å². The van der Waals surface area contributed by atoms with Crippen LogP contribution in [-0.2, 0) is 6.42 Å². The van der Waals surface area contributed by atoms with Gasteiger partial charge in [-0.3, -0.25) is 9.89 Å². The van der Waals surface area contributed by atoms with Crippen molar-refractivity contribution in [1.29, 1.82) is 0 Å². The highest BCUT2D eigenvalue weighted by Crippen LogP contribution is 2.29. The minimum Gasteiger partial charge on any atom is -0.496 e. The summed E-state index contributed by atoms with van der Waals surface area (Å²) in [6.07, 6.45) is 2.39. The number of aromatic nitrogens is 2. The predicted molar refractivity (Wildman–Crippen MR) is 78.9 cm³/mol. The zero-order chi connectivity index (χ0) is 15.2. The fraction of sp³-hybridized carbons (Fsp3) is 0.333. The van der Waals surface area contributed by atoms with E-state index in [0.717, 1.165) is 11.3 Å². The molecule has 0 atom stereocenters. The monoisotopic (exact) mass is 289 g/mol. The maximum atomic E-state index is 12.2. The number of aromatic amines is 1. The first-order valence-electron chi connectivity index (χ1n) is 6.64. The van der Waals surface area contributed by atoms with Crippen LogP contribution < -0.4 is 14.8 Å². The van der Waals surface area contributed by atoms with Gasteiger partial charge < -0.3 is 14.8 Å². The van der Waals surface area contributed by atoms with E-state index in [1.165, 1.54) is 0 Å². The molecule has 2 N–H and O–H groups in total. The van der Waals surface area contributed by atoms with Crippen LogP contribution in [0, 0.1) is 6.92 Å². The number of carbonyl (C=O) groups is 1. The molecule has 0 fully saturated rings. The Morgan fingerprint density at radius 3 is 2.48 bits per heavy atom. The van der Waals surface area contributed by atoms with Gasteiger partial charge in [-0.15, -0.1) is 0 Å². The van der Waals surface area contributed by atoms with Gasteiger partial charge in [0, 0.05) is 36.0 Å². The molecule has 1 amide bonds. The van der Waals surface area contributed by atoms with Gasteiger partial charge in [0.1, 0.15) is 11.5 Å². The first kappa shape index (κ1) is 14.9. The summed E-state index contributed by atoms with van der Waals surface area (Å²) >= 11 is 0. The molecular formula is C15H19N3O3. The Morgan fingerprint density at radius 2 is 1.95 bits per heavy atom. The summed E-state index contributed by atoms with van der Waals surface area (Å²) in [6.45, 7) is 2.41. The number of rotatable bonds is 6. The van der Waals surface area contributed by atoms with Crippen LogP contribution in [0.5, 0.6) is 11.5 Å². The Balaban J connectivity index is 2.04. The summed E-state index contributed by atoms with van der Waals surface area (Å²) in [4.78, 5) is 12.2. The van der Waals surface area contributed by atoms with Crippen molar-refractivity contribution in [3.63, 3.8) is 0 Å². The molecule has 21 heavy (non-hydrogen) atoms. The number of hydrogen-bond donors (Lipinski definition) is 2. The summed E-state index contributed by atoms with van der Waals surface area (Å²) in [5.41, 5.74) is 2.36. The van der Waals surface area contributed by atoms with E-state index in [9.17, 15) is 4.79 Å². The number of nitrogens with one attached hydrogen (secondary N) is 2. The van der Waals surface area contributed by atoms with Gasteiger partial charge in [-0.2, -0.15) is 5.10 Å². The number of hydrogen-bond acceptors (Lipinski definition) is 4. The van der Waals surface area contributed by atoms with Gasteiger partial charge in [0.05, 0.1) is 14.2 Å². The van der Waals surface area contributed by atoms with Crippen molar-refractivity contribution in [1.82, 2.24) is 15.5 Å². The zero-order valence-corrected chi connectivity index (χ0v) is 12.4. The van der Waals surface area contributed by atoms with E-state index >= 15 is 0 Å². The summed E-state index contributed by atoms with van der Waals surface area (Å²) in [5, 5.41) is 9.58. The molecule has 0 bridgehead atoms. The van der Waals surface area contributed by atoms with Gasteiger partial charge in [-0.25, -0.2) is 0 Å². The quantitative estimate of drug-likeness (QED) is 0.848. The smallest absolute Gasteiger partial charge is 0.251 e. The molecule has 112 valence electrons. The van der Waals surface area contributed by atoms with Crippen molar-refractivity contribution in [2.75, 3.05) is 20.8 Å². The summed E-state index contributed by atoms with van der Waals surface area (Å²) in [6, 6.07) is 5.30. The van der Waals surface area contributed by atoms with Crippen LogP contribution in [0.4, 0.5) is 0 Å². The SMILES string of the molecule is COc1cc(C(=O)NCCc2ccn[nH]2)cc(OC)c1C. The van der Waals surface area contributed by atoms with E-state index in [-0.39, 0.29) is 5.91 Å². The zero-order valence-electron chi connectivity index (χ0n) is 12.4. The second-order valence-electron chi connectivity index (χ2n) is 4.59. The van der Waals surface area contributed by atoms with E-state index in [2.05, 4.69) is 15.5 Å². The van der Waals surface area contributed by atoms with Gasteiger partial charge in [-0.05, 0) is 25.1 Å². The Bertz CT molecular complexity index is 584. The summed E-state index contributed by atoms with van der Waals surface area (Å²) < 4.78 is 10.5. The van der Waals surface area contributed by atoms with Crippen molar-refractivity contribution in [2.24, 2.45) is 0 Å². The second kappa shape index (κ2) is 6.78. The van der Waals surface area contributed by atoms with Gasteiger partial charge in [0.15, 0.2) is 0 Å². The van der Waals surface area contributed by atoms with Gasteiger partial charge in [-0.1, -0.05) is 0 Å². The predicted octanol–water partition coefficient (Wildman–Crippen LogP) is 1.71. The van der Waals surface area contributed by atoms with Gasteiger partial charge in [0.25, 0.3) is 5.91 Å². The highest BCUT2D eigenvalue weighted by atomic mass is 16.5. The van der Waals surface area contributed by atoms with Crippen LogP contribution in [0.3, 0.4) is 0 Å². The lowest BCUT2D eigenvalue weighted by Gasteiger charge is -2.12. The molecule has 0 radical (unpaired) electrons. The average molecular weight is 289 g/mol. The Morgan fingerprint density at radius 1 is 1.29 bits per heavy atom. The molecule has 6 heteroatoms. The van der Waals surface area contributed by atoms with E-state index in [0.29, 0.717) is 30.0 Å². The molecule has 6 nitrogen and oxygen atoms in total. The minimum absolute atomic E-state index is 0.161. The average Bonchev–Trinajstić information content (AvgIpc) is 3.00. The van der Waals surface area contributed by atoms with Crippen LogP contribution in [0.15, 0.2) is 24.4 Å². The number of methoxy groups -OCH3 is 2. The minimum atomic E-state index is -0.161. The maximum absolute atomic E-state index is 12.2. The molecule has 0 unspecified atom stereocenters. The molecule has 0 saturated carbocycles. The Kier molecular flexibility index (Phi) is 4.81. The van der Waals surface area contributed by atoms with Crippen molar-refractivity contribution < 1.29 is 14.3 Å². The number of amides is 1. The molecule has 0 saturated heterocycles. The first-order valence-corrected chi connectivity index (χ1v) is 6.64. The van der Waals surface area contributed by atoms with Gasteiger partial charge in [0.2, 0.25) is 0 Å². The molecular weight excluding hydrogens is 270 g/mol. The number of benzene rings is 1. The van der Waals surface area contributed by atoms with Crippen LogP contribution in [0.25, 0.3) is 0 Å². The van der Waals surface area contributed by atoms with E-state index < -0.39 is 0 Å². The van der Waals surface area contributed by atoms with E-state index in [1.54, 1.807) is 32.5 Å². The lowest BCUT2D eigenvalue weighted by molar-refractivity contribution is 0.0953. The van der Waals surface area contributed by atoms with Crippen LogP contribution in [-0.4, -0.2) is 36.9 Å². The van der Waals surface area contributed by atoms with Crippen molar-refractivity contribution in [2.45, 2.75) is 13.3 Å². The molecule has 0 spiro atoms. The molecule has 0 aliphatic heterocycles. The van der Waals surface area contributed by atoms with Crippen molar-refractivity contribution >= 4 is 5.91 Å². The standard InChI is InChI=1S/C15H19N3O3/c1-10-13(20-2)8-11(9-14(10)21-3)15(19)16-6-4-12-5-7-17-18-12/h5,7-9H,4,6H2,1-3H3,(H,16,19)(H,17,18). The van der Waals surface area contributed by atoms with Crippen molar-refractivity contribution in [3.05, 3.63) is 41.2 Å². The summed E-state index contributed by atoms with van der Waals surface area (Å²) in [7, 11) is 3.14. The molecule has 0 aliphatic carbocycles. The molecule has 1 aromatic carbocycles. The molecule has 1 heterocycles. The maximum Gasteiger partial charge on any atom is 0.251 e. The lowest BCUT2D eigenvalue weighted by Crippen LogP contribution is -2.25. The Hall–Kier alpha value is -2.50. The highest BCUT2D eigenvalue weighted by Gasteiger charge is 2.13.